The van der Waals surface area contributed by atoms with E-state index in [0.29, 0.717) is 25.9 Å². The maximum Gasteiger partial charge on any atom is 0.303 e. The number of aliphatic carboxylic acids is 1. The number of hydrogen-bond acceptors (Lipinski definition) is 4. The Bertz CT molecular complexity index is 399. The van der Waals surface area contributed by atoms with E-state index in [2.05, 4.69) is 13.8 Å². The Morgan fingerprint density at radius 1 is 0.917 bits per heavy atom. The average molecular weight is 342 g/mol. The molecule has 0 rings (SSSR count). The smallest absolute Gasteiger partial charge is 0.303 e. The second-order valence-corrected chi connectivity index (χ2v) is 8.26. The van der Waals surface area contributed by atoms with E-state index in [1.165, 1.54) is 0 Å². The monoisotopic (exact) mass is 342 g/mol. The quantitative estimate of drug-likeness (QED) is 0.353. The molecule has 0 aromatic rings. The fraction of sp³-hybridized carbons (Fsp3) is 0.842. The summed E-state index contributed by atoms with van der Waals surface area (Å²) in [5.41, 5.74) is -0.246. The van der Waals surface area contributed by atoms with Crippen molar-refractivity contribution in [2.45, 2.75) is 85.5 Å². The van der Waals surface area contributed by atoms with Gasteiger partial charge in [0.05, 0.1) is 13.0 Å². The van der Waals surface area contributed by atoms with Crippen molar-refractivity contribution in [1.29, 1.82) is 0 Å². The lowest BCUT2D eigenvalue weighted by Crippen LogP contribution is -2.19. The molecule has 0 aliphatic heterocycles. The second kappa shape index (κ2) is 11.2. The van der Waals surface area contributed by atoms with Crippen molar-refractivity contribution >= 4 is 18.2 Å². The highest BCUT2D eigenvalue weighted by Gasteiger charge is 2.21. The van der Waals surface area contributed by atoms with Crippen LogP contribution in [0.15, 0.2) is 0 Å². The standard InChI is InChI=1S/C19H34O5/c1-18(2,13-17(22)23)11-7-5-9-16(21)10-6-8-12-19(3,4)14-24-15-20/h15H,5-14H2,1-4H3,(H,22,23). The Balaban J connectivity index is 3.74. The second-order valence-electron chi connectivity index (χ2n) is 8.26. The molecule has 0 unspecified atom stereocenters. The lowest BCUT2D eigenvalue weighted by atomic mass is 9.83. The first-order chi connectivity index (χ1) is 11.1. The number of hydrogen-bond donors (Lipinski definition) is 1. The third-order valence-corrected chi connectivity index (χ3v) is 4.29. The van der Waals surface area contributed by atoms with Crippen LogP contribution in [0.25, 0.3) is 0 Å². The Labute approximate surface area is 146 Å². The minimum absolute atomic E-state index is 0.0420. The van der Waals surface area contributed by atoms with Gasteiger partial charge in [0.15, 0.2) is 0 Å². The number of carbonyl (C=O) groups is 3. The molecule has 0 atom stereocenters. The van der Waals surface area contributed by atoms with E-state index in [1.807, 2.05) is 13.8 Å². The summed E-state index contributed by atoms with van der Waals surface area (Å²) in [4.78, 5) is 32.8. The van der Waals surface area contributed by atoms with Gasteiger partial charge >= 0.3 is 5.97 Å². The van der Waals surface area contributed by atoms with Gasteiger partial charge in [-0.15, -0.1) is 0 Å². The molecule has 5 nitrogen and oxygen atoms in total. The van der Waals surface area contributed by atoms with Crippen molar-refractivity contribution in [3.63, 3.8) is 0 Å². The Kier molecular flexibility index (Phi) is 10.6. The molecule has 0 radical (unpaired) electrons. The highest BCUT2D eigenvalue weighted by Crippen LogP contribution is 2.28. The molecular weight excluding hydrogens is 308 g/mol. The largest absolute Gasteiger partial charge is 0.481 e. The van der Waals surface area contributed by atoms with Crippen molar-refractivity contribution < 1.29 is 24.2 Å². The van der Waals surface area contributed by atoms with Crippen LogP contribution in [0.5, 0.6) is 0 Å². The van der Waals surface area contributed by atoms with Gasteiger partial charge in [0.25, 0.3) is 6.47 Å². The molecule has 0 amide bonds. The number of carboxylic acids is 1. The molecule has 0 saturated heterocycles. The first-order valence-electron chi connectivity index (χ1n) is 8.87. The lowest BCUT2D eigenvalue weighted by Gasteiger charge is -2.22. The van der Waals surface area contributed by atoms with Gasteiger partial charge < -0.3 is 9.84 Å². The molecule has 1 N–H and O–H groups in total. The van der Waals surface area contributed by atoms with Gasteiger partial charge in [0, 0.05) is 12.8 Å². The molecule has 0 fully saturated rings. The van der Waals surface area contributed by atoms with E-state index in [0.717, 1.165) is 38.5 Å². The molecule has 0 aromatic heterocycles. The van der Waals surface area contributed by atoms with E-state index in [4.69, 9.17) is 9.84 Å². The third-order valence-electron chi connectivity index (χ3n) is 4.29. The summed E-state index contributed by atoms with van der Waals surface area (Å²) in [6.45, 7) is 8.91. The predicted molar refractivity (Wildman–Crippen MR) is 93.8 cm³/mol. The number of ether oxygens (including phenoxy) is 1. The zero-order valence-corrected chi connectivity index (χ0v) is 15.7. The zero-order chi connectivity index (χ0) is 18.6. The van der Waals surface area contributed by atoms with Crippen LogP contribution < -0.4 is 0 Å². The molecule has 0 aromatic carbocycles. The van der Waals surface area contributed by atoms with Crippen molar-refractivity contribution in [1.82, 2.24) is 0 Å². The van der Waals surface area contributed by atoms with Gasteiger partial charge in [-0.3, -0.25) is 14.4 Å². The molecule has 0 aliphatic rings. The van der Waals surface area contributed by atoms with Gasteiger partial charge in [0.1, 0.15) is 5.78 Å². The highest BCUT2D eigenvalue weighted by atomic mass is 16.5. The van der Waals surface area contributed by atoms with Gasteiger partial charge in [-0.05, 0) is 36.5 Å². The van der Waals surface area contributed by atoms with Crippen molar-refractivity contribution in [2.24, 2.45) is 10.8 Å². The number of rotatable bonds is 15. The van der Waals surface area contributed by atoms with Gasteiger partial charge in [-0.25, -0.2) is 0 Å². The summed E-state index contributed by atoms with van der Waals surface area (Å²) in [7, 11) is 0. The predicted octanol–water partition coefficient (Wildman–Crippen LogP) is 4.38. The minimum Gasteiger partial charge on any atom is -0.481 e. The summed E-state index contributed by atoms with van der Waals surface area (Å²) in [5, 5.41) is 8.84. The molecule has 0 heterocycles. The topological polar surface area (TPSA) is 80.7 Å². The molecular formula is C19H34O5. The van der Waals surface area contributed by atoms with E-state index in [9.17, 15) is 14.4 Å². The first kappa shape index (κ1) is 22.6. The summed E-state index contributed by atoms with van der Waals surface area (Å²) >= 11 is 0. The molecule has 0 bridgehead atoms. The van der Waals surface area contributed by atoms with E-state index in [-0.39, 0.29) is 23.0 Å². The lowest BCUT2D eigenvalue weighted by molar-refractivity contribution is -0.139. The summed E-state index contributed by atoms with van der Waals surface area (Å²) in [6, 6.07) is 0. The van der Waals surface area contributed by atoms with Crippen LogP contribution in [-0.4, -0.2) is 29.9 Å². The Morgan fingerprint density at radius 2 is 1.42 bits per heavy atom. The van der Waals surface area contributed by atoms with Crippen LogP contribution in [0.1, 0.15) is 85.5 Å². The SMILES string of the molecule is CC(C)(CCCCC(=O)CCCCC(C)(C)CC(=O)O)COC=O. The van der Waals surface area contributed by atoms with Gasteiger partial charge in [0.2, 0.25) is 0 Å². The van der Waals surface area contributed by atoms with Gasteiger partial charge in [-0.2, -0.15) is 0 Å². The van der Waals surface area contributed by atoms with E-state index in [1.54, 1.807) is 0 Å². The normalized spacial score (nSPS) is 12.0. The number of carbonyl (C=O) groups excluding carboxylic acids is 2. The molecule has 140 valence electrons. The Hall–Kier alpha value is -1.39. The minimum atomic E-state index is -0.766. The maximum atomic E-state index is 11.9. The van der Waals surface area contributed by atoms with Crippen molar-refractivity contribution in [3.05, 3.63) is 0 Å². The van der Waals surface area contributed by atoms with Crippen molar-refractivity contribution in [2.75, 3.05) is 6.61 Å². The van der Waals surface area contributed by atoms with Crippen LogP contribution in [0.2, 0.25) is 0 Å². The van der Waals surface area contributed by atoms with Crippen LogP contribution in [0.4, 0.5) is 0 Å². The molecule has 5 heteroatoms. The Morgan fingerprint density at radius 3 is 1.88 bits per heavy atom. The summed E-state index contributed by atoms with van der Waals surface area (Å²) in [6.07, 6.45) is 6.66. The van der Waals surface area contributed by atoms with Crippen molar-refractivity contribution in [3.8, 4) is 0 Å². The van der Waals surface area contributed by atoms with Crippen LogP contribution >= 0.6 is 0 Å². The fourth-order valence-electron chi connectivity index (χ4n) is 2.81. The molecule has 0 saturated carbocycles. The molecule has 0 spiro atoms. The van der Waals surface area contributed by atoms with Crippen LogP contribution in [-0.2, 0) is 19.1 Å². The first-order valence-corrected chi connectivity index (χ1v) is 8.87. The highest BCUT2D eigenvalue weighted by molar-refractivity contribution is 5.78. The van der Waals surface area contributed by atoms with Crippen LogP contribution in [0.3, 0.4) is 0 Å². The molecule has 0 aliphatic carbocycles. The van der Waals surface area contributed by atoms with Gasteiger partial charge in [-0.1, -0.05) is 40.5 Å². The number of unbranched alkanes of at least 4 members (excludes halogenated alkanes) is 2. The number of ketones is 1. The number of Topliss-reactive ketones (excluding diaryl/α,β-unsaturated/α-hetero) is 1. The maximum absolute atomic E-state index is 11.9. The van der Waals surface area contributed by atoms with Crippen LogP contribution in [0, 0.1) is 10.8 Å². The third kappa shape index (κ3) is 13.1. The number of carboxylic acid groups (broad SMARTS) is 1. The fourth-order valence-corrected chi connectivity index (χ4v) is 2.81. The summed E-state index contributed by atoms with van der Waals surface area (Å²) in [5.74, 6) is -0.481. The molecule has 24 heavy (non-hydrogen) atoms. The average Bonchev–Trinajstić information content (AvgIpc) is 2.45. The van der Waals surface area contributed by atoms with E-state index >= 15 is 0 Å². The zero-order valence-electron chi connectivity index (χ0n) is 15.7. The summed E-state index contributed by atoms with van der Waals surface area (Å²) < 4.78 is 4.81. The van der Waals surface area contributed by atoms with E-state index < -0.39 is 5.97 Å².